The van der Waals surface area contributed by atoms with Crippen molar-refractivity contribution >= 4 is 11.6 Å². The van der Waals surface area contributed by atoms with E-state index in [1.54, 1.807) is 18.2 Å². The van der Waals surface area contributed by atoms with Gasteiger partial charge in [0.05, 0.1) is 12.6 Å². The second kappa shape index (κ2) is 5.63. The molecule has 0 saturated heterocycles. The van der Waals surface area contributed by atoms with E-state index in [1.165, 1.54) is 0 Å². The molecule has 1 aromatic carbocycles. The van der Waals surface area contributed by atoms with E-state index in [0.717, 1.165) is 0 Å². The van der Waals surface area contributed by atoms with Gasteiger partial charge in [0.1, 0.15) is 0 Å². The molecule has 1 atom stereocenters. The smallest absolute Gasteiger partial charge is 0.241 e. The number of rotatable bonds is 4. The number of hydrogen-bond donors (Lipinski definition) is 3. The summed E-state index contributed by atoms with van der Waals surface area (Å²) in [5.41, 5.74) is 7.03. The van der Waals surface area contributed by atoms with Gasteiger partial charge in [-0.3, -0.25) is 4.79 Å². The van der Waals surface area contributed by atoms with Gasteiger partial charge in [-0.2, -0.15) is 0 Å². The number of amides is 1. The monoisotopic (exact) mass is 222 g/mol. The first-order valence-corrected chi connectivity index (χ1v) is 5.31. The van der Waals surface area contributed by atoms with Gasteiger partial charge in [0, 0.05) is 11.3 Å². The summed E-state index contributed by atoms with van der Waals surface area (Å²) in [6.07, 6.45) is 0. The van der Waals surface area contributed by atoms with Crippen LogP contribution >= 0.6 is 0 Å². The topological polar surface area (TPSA) is 75.4 Å². The van der Waals surface area contributed by atoms with Crippen LogP contribution in [0.5, 0.6) is 0 Å². The van der Waals surface area contributed by atoms with E-state index in [1.807, 2.05) is 19.9 Å². The van der Waals surface area contributed by atoms with Crippen molar-refractivity contribution in [3.63, 3.8) is 0 Å². The normalized spacial score (nSPS) is 12.6. The molecule has 0 fully saturated rings. The van der Waals surface area contributed by atoms with Crippen LogP contribution in [0, 0.1) is 5.92 Å². The van der Waals surface area contributed by atoms with E-state index in [4.69, 9.17) is 10.8 Å². The Kier molecular flexibility index (Phi) is 4.46. The summed E-state index contributed by atoms with van der Waals surface area (Å²) in [7, 11) is 0. The third kappa shape index (κ3) is 3.05. The fourth-order valence-corrected chi connectivity index (χ4v) is 1.30. The number of para-hydroxylation sites is 1. The lowest BCUT2D eigenvalue weighted by atomic mass is 10.0. The minimum atomic E-state index is -0.535. The zero-order chi connectivity index (χ0) is 12.1. The summed E-state index contributed by atoms with van der Waals surface area (Å²) in [5, 5.41) is 11.8. The van der Waals surface area contributed by atoms with Gasteiger partial charge in [-0.05, 0) is 12.0 Å². The van der Waals surface area contributed by atoms with E-state index in [9.17, 15) is 4.79 Å². The Bertz CT molecular complexity index is 364. The molecule has 4 heteroatoms. The summed E-state index contributed by atoms with van der Waals surface area (Å²) in [4.78, 5) is 11.7. The van der Waals surface area contributed by atoms with Gasteiger partial charge >= 0.3 is 0 Å². The number of aliphatic hydroxyl groups is 1. The van der Waals surface area contributed by atoms with Gasteiger partial charge in [-0.25, -0.2) is 0 Å². The highest BCUT2D eigenvalue weighted by Crippen LogP contribution is 2.15. The maximum atomic E-state index is 11.7. The average molecular weight is 222 g/mol. The molecular formula is C12H18N2O2. The Hall–Kier alpha value is -1.39. The lowest BCUT2D eigenvalue weighted by molar-refractivity contribution is -0.118. The third-order valence-corrected chi connectivity index (χ3v) is 2.47. The number of carbonyl (C=O) groups excluding carboxylic acids is 1. The van der Waals surface area contributed by atoms with Crippen LogP contribution in [0.2, 0.25) is 0 Å². The highest BCUT2D eigenvalue weighted by Gasteiger charge is 2.17. The molecule has 0 aliphatic heterocycles. The van der Waals surface area contributed by atoms with Gasteiger partial charge in [0.25, 0.3) is 0 Å². The van der Waals surface area contributed by atoms with Crippen LogP contribution in [-0.2, 0) is 11.4 Å². The fraction of sp³-hybridized carbons (Fsp3) is 0.417. The third-order valence-electron chi connectivity index (χ3n) is 2.47. The molecule has 0 radical (unpaired) electrons. The molecule has 0 aliphatic carbocycles. The Balaban J connectivity index is 2.76. The van der Waals surface area contributed by atoms with Crippen molar-refractivity contribution in [2.24, 2.45) is 11.7 Å². The molecule has 88 valence electrons. The van der Waals surface area contributed by atoms with E-state index < -0.39 is 6.04 Å². The second-order valence-corrected chi connectivity index (χ2v) is 4.07. The molecule has 0 bridgehead atoms. The Labute approximate surface area is 95.5 Å². The molecule has 1 amide bonds. The van der Waals surface area contributed by atoms with E-state index in [0.29, 0.717) is 11.3 Å². The quantitative estimate of drug-likeness (QED) is 0.714. The number of carbonyl (C=O) groups is 1. The van der Waals surface area contributed by atoms with Gasteiger partial charge in [-0.1, -0.05) is 32.0 Å². The average Bonchev–Trinajstić information content (AvgIpc) is 2.28. The van der Waals surface area contributed by atoms with E-state index in [2.05, 4.69) is 5.32 Å². The van der Waals surface area contributed by atoms with E-state index >= 15 is 0 Å². The van der Waals surface area contributed by atoms with Crippen LogP contribution < -0.4 is 11.1 Å². The SMILES string of the molecule is CC(C)[C@H](N)C(=O)Nc1ccccc1CO. The van der Waals surface area contributed by atoms with E-state index in [-0.39, 0.29) is 18.4 Å². The number of nitrogens with two attached hydrogens (primary N) is 1. The second-order valence-electron chi connectivity index (χ2n) is 4.07. The highest BCUT2D eigenvalue weighted by molar-refractivity contribution is 5.95. The van der Waals surface area contributed by atoms with Crippen molar-refractivity contribution in [2.75, 3.05) is 5.32 Å². The molecular weight excluding hydrogens is 204 g/mol. The Morgan fingerprint density at radius 1 is 1.44 bits per heavy atom. The van der Waals surface area contributed by atoms with Crippen molar-refractivity contribution in [1.29, 1.82) is 0 Å². The summed E-state index contributed by atoms with van der Waals surface area (Å²) in [6.45, 7) is 3.68. The van der Waals surface area contributed by atoms with Crippen LogP contribution in [0.15, 0.2) is 24.3 Å². The molecule has 16 heavy (non-hydrogen) atoms. The van der Waals surface area contributed by atoms with Crippen LogP contribution in [0.3, 0.4) is 0 Å². The maximum absolute atomic E-state index is 11.7. The standard InChI is InChI=1S/C12H18N2O2/c1-8(2)11(13)12(16)14-10-6-4-3-5-9(10)7-15/h3-6,8,11,15H,7,13H2,1-2H3,(H,14,16)/t11-/m0/s1. The van der Waals surface area contributed by atoms with Crippen molar-refractivity contribution in [3.05, 3.63) is 29.8 Å². The molecule has 1 rings (SSSR count). The zero-order valence-corrected chi connectivity index (χ0v) is 9.60. The minimum Gasteiger partial charge on any atom is -0.392 e. The number of hydrogen-bond acceptors (Lipinski definition) is 3. The zero-order valence-electron chi connectivity index (χ0n) is 9.60. The first-order valence-electron chi connectivity index (χ1n) is 5.31. The number of anilines is 1. The van der Waals surface area contributed by atoms with Crippen LogP contribution in [0.4, 0.5) is 5.69 Å². The number of nitrogens with one attached hydrogen (secondary N) is 1. The van der Waals surface area contributed by atoms with Crippen LogP contribution in [0.25, 0.3) is 0 Å². The molecule has 0 aromatic heterocycles. The molecule has 1 aromatic rings. The van der Waals surface area contributed by atoms with Crippen LogP contribution in [-0.4, -0.2) is 17.1 Å². The predicted octanol–water partition coefficient (Wildman–Crippen LogP) is 1.10. The molecule has 0 unspecified atom stereocenters. The van der Waals surface area contributed by atoms with Crippen molar-refractivity contribution in [2.45, 2.75) is 26.5 Å². The number of aliphatic hydroxyl groups excluding tert-OH is 1. The molecule has 0 saturated carbocycles. The summed E-state index contributed by atoms with van der Waals surface area (Å²) in [6, 6.07) is 6.58. The maximum Gasteiger partial charge on any atom is 0.241 e. The Morgan fingerprint density at radius 2 is 2.06 bits per heavy atom. The Morgan fingerprint density at radius 3 is 2.62 bits per heavy atom. The predicted molar refractivity (Wildman–Crippen MR) is 63.8 cm³/mol. The summed E-state index contributed by atoms with van der Waals surface area (Å²) >= 11 is 0. The van der Waals surface area contributed by atoms with Gasteiger partial charge in [-0.15, -0.1) is 0 Å². The fourth-order valence-electron chi connectivity index (χ4n) is 1.30. The van der Waals surface area contributed by atoms with Crippen molar-refractivity contribution < 1.29 is 9.90 Å². The van der Waals surface area contributed by atoms with Crippen molar-refractivity contribution in [3.8, 4) is 0 Å². The molecule has 0 spiro atoms. The number of benzene rings is 1. The summed E-state index contributed by atoms with van der Waals surface area (Å²) in [5.74, 6) is -0.141. The summed E-state index contributed by atoms with van der Waals surface area (Å²) < 4.78 is 0. The lowest BCUT2D eigenvalue weighted by Crippen LogP contribution is -2.39. The highest BCUT2D eigenvalue weighted by atomic mass is 16.3. The van der Waals surface area contributed by atoms with Crippen LogP contribution in [0.1, 0.15) is 19.4 Å². The molecule has 0 aliphatic rings. The van der Waals surface area contributed by atoms with Gasteiger partial charge in [0.2, 0.25) is 5.91 Å². The van der Waals surface area contributed by atoms with Crippen molar-refractivity contribution in [1.82, 2.24) is 0 Å². The minimum absolute atomic E-state index is 0.0845. The first-order chi connectivity index (χ1) is 7.56. The largest absolute Gasteiger partial charge is 0.392 e. The van der Waals surface area contributed by atoms with Gasteiger partial charge in [0.15, 0.2) is 0 Å². The molecule has 4 N–H and O–H groups in total. The first kappa shape index (κ1) is 12.7. The molecule has 4 nitrogen and oxygen atoms in total. The van der Waals surface area contributed by atoms with Gasteiger partial charge < -0.3 is 16.2 Å². The molecule has 0 heterocycles. The lowest BCUT2D eigenvalue weighted by Gasteiger charge is -2.16.